The Labute approximate surface area is 748 Å². The lowest BCUT2D eigenvalue weighted by Gasteiger charge is -2.29. The van der Waals surface area contributed by atoms with Gasteiger partial charge in [-0.15, -0.1) is 0 Å². The van der Waals surface area contributed by atoms with Crippen molar-refractivity contribution in [1.29, 1.82) is 0 Å². The second kappa shape index (κ2) is 42.8. The van der Waals surface area contributed by atoms with Crippen molar-refractivity contribution in [3.05, 3.63) is 202 Å². The number of esters is 7. The lowest BCUT2D eigenvalue weighted by Crippen LogP contribution is -2.21. The zero-order chi connectivity index (χ0) is 93.4. The van der Waals surface area contributed by atoms with Gasteiger partial charge in [-0.25, -0.2) is 33.6 Å². The molecule has 0 N–H and O–H groups in total. The predicted molar refractivity (Wildman–Crippen MR) is 491 cm³/mol. The monoisotopic (exact) mass is 1740 g/mol. The number of rotatable bonds is 28. The van der Waals surface area contributed by atoms with Crippen LogP contribution in [0.15, 0.2) is 84.9 Å². The van der Waals surface area contributed by atoms with Gasteiger partial charge in [-0.1, -0.05) is 230 Å². The van der Waals surface area contributed by atoms with E-state index in [0.717, 1.165) is 38.9 Å². The number of carbonyl (C=O) groups excluding carboxylic acids is 7. The highest BCUT2D eigenvalue weighted by Crippen LogP contribution is 2.48. The van der Waals surface area contributed by atoms with Crippen molar-refractivity contribution < 1.29 is 99.9 Å². The maximum absolute atomic E-state index is 14.1. The van der Waals surface area contributed by atoms with Gasteiger partial charge in [0.05, 0.1) is 46.2 Å². The Morgan fingerprint density at radius 3 is 0.341 bits per heavy atom. The molecule has 21 nitrogen and oxygen atoms in total. The fourth-order valence-electron chi connectivity index (χ4n) is 15.2. The lowest BCUT2D eigenvalue weighted by molar-refractivity contribution is -0.146. The van der Waals surface area contributed by atoms with Gasteiger partial charge in [0.2, 0.25) is 0 Å². The second-order valence-electron chi connectivity index (χ2n) is 39.5. The van der Waals surface area contributed by atoms with E-state index >= 15 is 0 Å². The van der Waals surface area contributed by atoms with Crippen LogP contribution in [0, 0.1) is 0 Å². The van der Waals surface area contributed by atoms with Crippen LogP contribution >= 0.6 is 0 Å². The van der Waals surface area contributed by atoms with Crippen molar-refractivity contribution in [2.75, 3.05) is 92.5 Å². The average Bonchev–Trinajstić information content (AvgIpc) is 0.768. The predicted octanol–water partition coefficient (Wildman–Crippen LogP) is 19.8. The van der Waals surface area contributed by atoms with E-state index in [2.05, 4.69) is 230 Å². The van der Waals surface area contributed by atoms with Crippen LogP contribution in [-0.4, -0.2) is 134 Å². The van der Waals surface area contributed by atoms with Crippen LogP contribution in [0.3, 0.4) is 0 Å². The molecule has 0 atom stereocenters. The molecule has 686 valence electrons. The first kappa shape index (κ1) is 101. The average molecular weight is 1740 g/mol. The van der Waals surface area contributed by atoms with Crippen LogP contribution in [0.25, 0.3) is 0 Å². The number of fused-ring (bicyclic) bond motifs is 14. The van der Waals surface area contributed by atoms with Crippen molar-refractivity contribution in [2.24, 2.45) is 0 Å². The van der Waals surface area contributed by atoms with Crippen molar-refractivity contribution in [2.45, 2.75) is 277 Å². The second-order valence-corrected chi connectivity index (χ2v) is 39.5. The minimum Gasteiger partial charge on any atom is -0.481 e. The molecule has 126 heavy (non-hydrogen) atoms. The van der Waals surface area contributed by atoms with Gasteiger partial charge < -0.3 is 66.3 Å². The molecule has 1 aliphatic carbocycles. The van der Waals surface area contributed by atoms with Crippen LogP contribution in [0.5, 0.6) is 40.2 Å². The van der Waals surface area contributed by atoms with E-state index in [1.165, 1.54) is 0 Å². The molecule has 7 aromatic carbocycles. The standard InChI is InChI=1S/C105H140O21/c1-29-113-85(106)57-120-92-64-36-66-45-79(100(11,12)13)47-68(93(66)121-58-86(107)114-30-2)38-70-49-81(102(17,18)19)51-72(95(70)123-60-88(109)116-32-4)40-74-53-83(104(23,24)25)55-76(97(74)125-62-90(111)118-34-6)42-77-56-84(105(26,27)28)54-75(98(77)126-63-91(112)119-35-7)41-73-52-82(103(20,21)22)50-71(96(73)124-61-89(110)117-33-5)39-69-48-80(101(14,15)16)46-67(94(69)122-59-87(108)115-31-3)37-65(92)44-78(43-64)99(8,9)10/h43-56H,29-42,57-63H2,1-28H3. The molecular weight excluding hydrogens is 1600 g/mol. The summed E-state index contributed by atoms with van der Waals surface area (Å²) in [6.07, 6.45) is 0.620. The quantitative estimate of drug-likeness (QED) is 0.0326. The van der Waals surface area contributed by atoms with Gasteiger partial charge >= 0.3 is 41.8 Å². The first-order valence-electron chi connectivity index (χ1n) is 44.5. The molecule has 0 amide bonds. The highest BCUT2D eigenvalue weighted by atomic mass is 16.6. The Morgan fingerprint density at radius 1 is 0.183 bits per heavy atom. The molecule has 21 heteroatoms. The molecule has 0 aliphatic heterocycles. The van der Waals surface area contributed by atoms with Gasteiger partial charge in [0.1, 0.15) is 40.2 Å². The Morgan fingerprint density at radius 2 is 0.270 bits per heavy atom. The summed E-state index contributed by atoms with van der Waals surface area (Å²) in [7, 11) is 0. The number of hydrogen-bond donors (Lipinski definition) is 0. The minimum absolute atomic E-state index is 0.0825. The minimum atomic E-state index is -0.612. The number of benzene rings is 7. The van der Waals surface area contributed by atoms with E-state index in [-0.39, 0.29) is 91.2 Å². The van der Waals surface area contributed by atoms with Crippen LogP contribution < -0.4 is 33.2 Å². The topological polar surface area (TPSA) is 249 Å². The highest BCUT2D eigenvalue weighted by molar-refractivity contribution is 5.76. The van der Waals surface area contributed by atoms with Gasteiger partial charge in [0, 0.05) is 44.9 Å². The normalized spacial score (nSPS) is 12.9. The molecule has 0 radical (unpaired) electrons. The first-order chi connectivity index (χ1) is 58.9. The molecule has 0 fully saturated rings. The number of hydrogen-bond acceptors (Lipinski definition) is 21. The van der Waals surface area contributed by atoms with Gasteiger partial charge in [-0.05, 0) is 203 Å². The Kier molecular flexibility index (Phi) is 34.3. The molecular formula is C105H140O21. The molecule has 0 saturated carbocycles. The summed E-state index contributed by atoms with van der Waals surface area (Å²) in [4.78, 5) is 98.5. The third-order valence-electron chi connectivity index (χ3n) is 21.9. The SMILES string of the molecule is CCOC(=O)COc1c2cc(C(C)(C)C)cc1Cc1cc(C(C)(C)C)cc(c1OCC(=O)OCC)Cc1cc(C(C)(C)C)cc(c1OCC(=O)OCC)Cc1cc(C(C)(C)C)cc(c1OCC(=O)OCC)Cc1cc(C(C)(C)C)cc(c1OCC(=O)OCC)Cc1cc(C(C)(C)C)cc(c1OCC(=O)OCC)Cc1cc(C(C)(C)C)cc(c1OCC(=O)OCC)C2. The summed E-state index contributed by atoms with van der Waals surface area (Å²) < 4.78 is 88.7. The van der Waals surface area contributed by atoms with Crippen molar-refractivity contribution >= 4 is 41.8 Å². The number of carbonyl (C=O) groups is 7. The molecule has 0 heterocycles. The molecule has 1 aliphatic rings. The highest BCUT2D eigenvalue weighted by Gasteiger charge is 2.35. The van der Waals surface area contributed by atoms with Gasteiger partial charge in [-0.3, -0.25) is 0 Å². The molecule has 8 rings (SSSR count). The molecule has 0 aromatic heterocycles. The summed E-state index contributed by atoms with van der Waals surface area (Å²) in [5, 5.41) is 0. The van der Waals surface area contributed by atoms with E-state index in [4.69, 9.17) is 66.3 Å². The Hall–Kier alpha value is -10.6. The first-order valence-corrected chi connectivity index (χ1v) is 44.5. The van der Waals surface area contributed by atoms with Gasteiger partial charge in [0.25, 0.3) is 0 Å². The summed E-state index contributed by atoms with van der Waals surface area (Å²) in [5.74, 6) is -1.82. The van der Waals surface area contributed by atoms with Crippen LogP contribution in [-0.2, 0) is 150 Å². The van der Waals surface area contributed by atoms with Crippen LogP contribution in [0.2, 0.25) is 0 Å². The summed E-state index contributed by atoms with van der Waals surface area (Å²) >= 11 is 0. The molecule has 0 spiro atoms. The third-order valence-corrected chi connectivity index (χ3v) is 21.9. The molecule has 7 aromatic rings. The lowest BCUT2D eigenvalue weighted by atomic mass is 9.79. The summed E-state index contributed by atoms with van der Waals surface area (Å²) in [5.41, 5.74) is 11.4. The maximum Gasteiger partial charge on any atom is 0.344 e. The molecule has 0 saturated heterocycles. The van der Waals surface area contributed by atoms with E-state index < -0.39 is 126 Å². The van der Waals surface area contributed by atoms with Crippen LogP contribution in [0.4, 0.5) is 0 Å². The Bertz CT molecular complexity index is 4000. The van der Waals surface area contributed by atoms with Crippen molar-refractivity contribution in [1.82, 2.24) is 0 Å². The van der Waals surface area contributed by atoms with E-state index in [1.54, 1.807) is 48.5 Å². The fraction of sp³-hybridized carbons (Fsp3) is 0.533. The summed E-state index contributed by atoms with van der Waals surface area (Å²) in [6.45, 7) is 53.8. The van der Waals surface area contributed by atoms with E-state index in [1.807, 2.05) is 0 Å². The van der Waals surface area contributed by atoms with Gasteiger partial charge in [0.15, 0.2) is 46.2 Å². The van der Waals surface area contributed by atoms with Gasteiger partial charge in [-0.2, -0.15) is 0 Å². The van der Waals surface area contributed by atoms with Crippen molar-refractivity contribution in [3.8, 4) is 40.2 Å². The number of ether oxygens (including phenoxy) is 14. The van der Waals surface area contributed by atoms with Crippen LogP contribution in [0.1, 0.15) is 311 Å². The van der Waals surface area contributed by atoms with Crippen molar-refractivity contribution in [3.63, 3.8) is 0 Å². The zero-order valence-electron chi connectivity index (χ0n) is 80.5. The molecule has 14 bridgehead atoms. The zero-order valence-corrected chi connectivity index (χ0v) is 80.5. The van der Waals surface area contributed by atoms with E-state index in [0.29, 0.717) is 118 Å². The third kappa shape index (κ3) is 27.7. The largest absolute Gasteiger partial charge is 0.481 e. The maximum atomic E-state index is 14.1. The molecule has 0 unspecified atom stereocenters. The van der Waals surface area contributed by atoms with E-state index in [9.17, 15) is 33.6 Å². The smallest absolute Gasteiger partial charge is 0.344 e. The fourth-order valence-corrected chi connectivity index (χ4v) is 15.2. The Balaban J connectivity index is 1.71. The summed E-state index contributed by atoms with van der Waals surface area (Å²) in [6, 6.07) is 29.3.